The Morgan fingerprint density at radius 2 is 0.526 bits per heavy atom. The number of aliphatic hydroxyl groups is 1. The average molecular weight is 1420 g/mol. The van der Waals surface area contributed by atoms with Crippen LogP contribution < -0.4 is 0 Å². The normalized spacial score (nSPS) is 14.2. The van der Waals surface area contributed by atoms with E-state index in [9.17, 15) is 43.2 Å². The topological polar surface area (TPSA) is 237 Å². The zero-order chi connectivity index (χ0) is 71.4. The molecule has 17 nitrogen and oxygen atoms in total. The van der Waals surface area contributed by atoms with Gasteiger partial charge in [0.25, 0.3) is 0 Å². The molecule has 0 aromatic heterocycles. The Kier molecular flexibility index (Phi) is 68.4. The molecular weight excluding hydrogens is 1270 g/mol. The third-order valence-corrected chi connectivity index (χ3v) is 20.5. The van der Waals surface area contributed by atoms with Crippen molar-refractivity contribution in [1.29, 1.82) is 0 Å². The van der Waals surface area contributed by atoms with E-state index in [4.69, 9.17) is 37.0 Å². The van der Waals surface area contributed by atoms with Crippen LogP contribution in [-0.2, 0) is 65.4 Å². The number of rotatable bonds is 77. The maximum Gasteiger partial charge on any atom is 0.472 e. The second kappa shape index (κ2) is 69.8. The van der Waals surface area contributed by atoms with Crippen LogP contribution in [0.1, 0.15) is 408 Å². The Hall–Kier alpha value is -1.94. The van der Waals surface area contributed by atoms with Crippen molar-refractivity contribution in [3.8, 4) is 0 Å². The van der Waals surface area contributed by atoms with Gasteiger partial charge in [-0.3, -0.25) is 37.3 Å². The highest BCUT2D eigenvalue weighted by atomic mass is 31.2. The second-order valence-electron chi connectivity index (χ2n) is 28.8. The fraction of sp³-hybridized carbons (Fsp3) is 0.949. The number of carbonyl (C=O) groups excluding carboxylic acids is 4. The molecule has 3 unspecified atom stereocenters. The second-order valence-corrected chi connectivity index (χ2v) is 31.7. The number of aliphatic hydroxyl groups excluding tert-OH is 1. The Morgan fingerprint density at radius 3 is 0.784 bits per heavy atom. The van der Waals surface area contributed by atoms with Crippen molar-refractivity contribution >= 4 is 39.5 Å². The van der Waals surface area contributed by atoms with Crippen LogP contribution in [0.2, 0.25) is 0 Å². The number of ether oxygens (including phenoxy) is 4. The largest absolute Gasteiger partial charge is 0.472 e. The summed E-state index contributed by atoms with van der Waals surface area (Å²) in [5.41, 5.74) is 0. The molecule has 0 saturated carbocycles. The Morgan fingerprint density at radius 1 is 0.299 bits per heavy atom. The molecular formula is C78H152O17P2. The summed E-state index contributed by atoms with van der Waals surface area (Å²) in [6.07, 6.45) is 58.5. The van der Waals surface area contributed by atoms with Gasteiger partial charge >= 0.3 is 39.5 Å². The van der Waals surface area contributed by atoms with Gasteiger partial charge in [0, 0.05) is 25.7 Å². The molecule has 0 rings (SSSR count). The van der Waals surface area contributed by atoms with Gasteiger partial charge in [0.05, 0.1) is 26.4 Å². The zero-order valence-corrected chi connectivity index (χ0v) is 65.2. The van der Waals surface area contributed by atoms with Crippen LogP contribution in [0.5, 0.6) is 0 Å². The van der Waals surface area contributed by atoms with Crippen molar-refractivity contribution in [1.82, 2.24) is 0 Å². The van der Waals surface area contributed by atoms with E-state index in [0.717, 1.165) is 102 Å². The maximum absolute atomic E-state index is 13.1. The molecule has 0 aliphatic carbocycles. The van der Waals surface area contributed by atoms with Crippen LogP contribution in [0.4, 0.5) is 0 Å². The van der Waals surface area contributed by atoms with Gasteiger partial charge in [-0.05, 0) is 37.5 Å². The van der Waals surface area contributed by atoms with Gasteiger partial charge in [-0.1, -0.05) is 356 Å². The molecule has 6 atom stereocenters. The molecule has 0 aliphatic heterocycles. The van der Waals surface area contributed by atoms with Crippen LogP contribution in [0.25, 0.3) is 0 Å². The molecule has 0 amide bonds. The van der Waals surface area contributed by atoms with Crippen molar-refractivity contribution in [2.24, 2.45) is 11.8 Å². The molecule has 97 heavy (non-hydrogen) atoms. The quantitative estimate of drug-likeness (QED) is 0.0222. The standard InChI is InChI=1S/C78H152O17P2/c1-7-10-12-14-16-18-20-22-24-26-27-29-31-33-35-37-42-50-56-62-77(82)94-73(66-88-75(80)60-54-48-41-36-34-32-30-28-25-23-21-19-17-15-13-11-8-2)68-92-96(84,85)90-64-72(79)65-91-97(86,87)93-69-74(67-89-76(81)61-55-49-45-44-46-52-58-70(4)5)95-78(83)63-57-51-43-39-38-40-47-53-59-71(6)9-3/h70-74,79H,7-69H2,1-6H3,(H,84,85)(H,86,87)/t71?,72-,73-,74-/m1/s1. The van der Waals surface area contributed by atoms with Gasteiger partial charge < -0.3 is 33.8 Å². The first-order valence-electron chi connectivity index (χ1n) is 40.5. The number of hydrogen-bond donors (Lipinski definition) is 3. The summed E-state index contributed by atoms with van der Waals surface area (Å²) in [4.78, 5) is 72.8. The molecule has 0 saturated heterocycles. The predicted octanol–water partition coefficient (Wildman–Crippen LogP) is 23.1. The minimum absolute atomic E-state index is 0.104. The lowest BCUT2D eigenvalue weighted by Crippen LogP contribution is -2.30. The molecule has 0 aromatic rings. The Bertz CT molecular complexity index is 1870. The summed E-state index contributed by atoms with van der Waals surface area (Å²) < 4.78 is 68.6. The lowest BCUT2D eigenvalue weighted by atomic mass is 9.99. The molecule has 576 valence electrons. The lowest BCUT2D eigenvalue weighted by Gasteiger charge is -2.21. The predicted molar refractivity (Wildman–Crippen MR) is 395 cm³/mol. The summed E-state index contributed by atoms with van der Waals surface area (Å²) in [5, 5.41) is 10.6. The van der Waals surface area contributed by atoms with E-state index >= 15 is 0 Å². The fourth-order valence-electron chi connectivity index (χ4n) is 12.0. The monoisotopic (exact) mass is 1420 g/mol. The van der Waals surface area contributed by atoms with E-state index in [1.807, 2.05) is 0 Å². The first-order chi connectivity index (χ1) is 46.9. The van der Waals surface area contributed by atoms with Crippen LogP contribution >= 0.6 is 15.6 Å². The Labute approximate surface area is 594 Å². The fourth-order valence-corrected chi connectivity index (χ4v) is 13.6. The van der Waals surface area contributed by atoms with E-state index in [-0.39, 0.29) is 25.7 Å². The van der Waals surface area contributed by atoms with Crippen molar-refractivity contribution in [2.75, 3.05) is 39.6 Å². The number of phosphoric acid groups is 2. The van der Waals surface area contributed by atoms with Gasteiger partial charge in [-0.2, -0.15) is 0 Å². The van der Waals surface area contributed by atoms with Gasteiger partial charge in [0.15, 0.2) is 12.2 Å². The summed E-state index contributed by atoms with van der Waals surface area (Å²) in [6, 6.07) is 0. The number of unbranched alkanes of at least 4 members (excludes halogenated alkanes) is 46. The van der Waals surface area contributed by atoms with E-state index in [0.29, 0.717) is 31.6 Å². The van der Waals surface area contributed by atoms with Crippen molar-refractivity contribution in [2.45, 2.75) is 426 Å². The van der Waals surface area contributed by atoms with Crippen molar-refractivity contribution in [3.05, 3.63) is 0 Å². The van der Waals surface area contributed by atoms with Crippen molar-refractivity contribution in [3.63, 3.8) is 0 Å². The molecule has 0 aliphatic rings. The molecule has 0 fully saturated rings. The zero-order valence-electron chi connectivity index (χ0n) is 63.4. The van der Waals surface area contributed by atoms with Crippen LogP contribution in [-0.4, -0.2) is 96.7 Å². The molecule has 0 bridgehead atoms. The van der Waals surface area contributed by atoms with E-state index in [1.165, 1.54) is 218 Å². The third kappa shape index (κ3) is 70.9. The lowest BCUT2D eigenvalue weighted by molar-refractivity contribution is -0.161. The number of phosphoric ester groups is 2. The van der Waals surface area contributed by atoms with Crippen molar-refractivity contribution < 1.29 is 80.2 Å². The maximum atomic E-state index is 13.1. The highest BCUT2D eigenvalue weighted by molar-refractivity contribution is 7.47. The highest BCUT2D eigenvalue weighted by Gasteiger charge is 2.30. The summed E-state index contributed by atoms with van der Waals surface area (Å²) in [6.45, 7) is 9.52. The van der Waals surface area contributed by atoms with Gasteiger partial charge in [-0.25, -0.2) is 9.13 Å². The minimum atomic E-state index is -4.96. The first-order valence-corrected chi connectivity index (χ1v) is 43.5. The molecule has 19 heteroatoms. The average Bonchev–Trinajstić information content (AvgIpc) is 1.02. The SMILES string of the molecule is CCCCCCCCCCCCCCCCCCCCCC(=O)O[C@H](COC(=O)CCCCCCCCCCCCCCCCCCC)COP(=O)(O)OC[C@@H](O)COP(=O)(O)OC[C@@H](COC(=O)CCCCCCCCC(C)C)OC(=O)CCCCCCCCCCC(C)CC. The smallest absolute Gasteiger partial charge is 0.462 e. The number of hydrogen-bond acceptors (Lipinski definition) is 15. The number of esters is 4. The third-order valence-electron chi connectivity index (χ3n) is 18.6. The van der Waals surface area contributed by atoms with Crippen LogP contribution in [0.15, 0.2) is 0 Å². The number of carbonyl (C=O) groups is 4. The highest BCUT2D eigenvalue weighted by Crippen LogP contribution is 2.45. The molecule has 3 N–H and O–H groups in total. The minimum Gasteiger partial charge on any atom is -0.462 e. The molecule has 0 heterocycles. The summed E-state index contributed by atoms with van der Waals surface area (Å²) >= 11 is 0. The van der Waals surface area contributed by atoms with Gasteiger partial charge in [0.1, 0.15) is 19.3 Å². The van der Waals surface area contributed by atoms with E-state index in [2.05, 4.69) is 41.5 Å². The molecule has 0 radical (unpaired) electrons. The van der Waals surface area contributed by atoms with E-state index in [1.54, 1.807) is 0 Å². The van der Waals surface area contributed by atoms with Gasteiger partial charge in [0.2, 0.25) is 0 Å². The van der Waals surface area contributed by atoms with E-state index < -0.39 is 97.5 Å². The van der Waals surface area contributed by atoms with Crippen LogP contribution in [0, 0.1) is 11.8 Å². The summed E-state index contributed by atoms with van der Waals surface area (Å²) in [7, 11) is -9.91. The molecule has 0 aromatic carbocycles. The first kappa shape index (κ1) is 95.1. The van der Waals surface area contributed by atoms with Crippen LogP contribution in [0.3, 0.4) is 0 Å². The van der Waals surface area contributed by atoms with Gasteiger partial charge in [-0.15, -0.1) is 0 Å². The Balaban J connectivity index is 5.22. The summed E-state index contributed by atoms with van der Waals surface area (Å²) in [5.74, 6) is -0.668. The molecule has 0 spiro atoms.